The lowest BCUT2D eigenvalue weighted by atomic mass is 10.2. The predicted molar refractivity (Wildman–Crippen MR) is 105 cm³/mol. The summed E-state index contributed by atoms with van der Waals surface area (Å²) in [4.78, 5) is 11.8. The van der Waals surface area contributed by atoms with Crippen LogP contribution in [0, 0.1) is 0 Å². The summed E-state index contributed by atoms with van der Waals surface area (Å²) in [5.41, 5.74) is 3.96. The third-order valence-corrected chi connectivity index (χ3v) is 4.07. The lowest BCUT2D eigenvalue weighted by molar-refractivity contribution is -0.123. The van der Waals surface area contributed by atoms with E-state index in [1.165, 1.54) is 0 Å². The molecule has 27 heavy (non-hydrogen) atoms. The smallest absolute Gasteiger partial charge is 0.277 e. The van der Waals surface area contributed by atoms with Crippen molar-refractivity contribution in [3.8, 4) is 17.2 Å². The summed E-state index contributed by atoms with van der Waals surface area (Å²) >= 11 is 11.8. The Morgan fingerprint density at radius 2 is 2.04 bits per heavy atom. The molecule has 0 fully saturated rings. The van der Waals surface area contributed by atoms with Crippen LogP contribution in [0.4, 0.5) is 0 Å². The third-order valence-electron chi connectivity index (χ3n) is 3.52. The number of carbonyl (C=O) groups is 1. The number of carbonyl (C=O) groups excluding carboxylic acids is 1. The summed E-state index contributed by atoms with van der Waals surface area (Å²) in [6.45, 7) is 1.76. The molecule has 6 nitrogen and oxygen atoms in total. The molecule has 0 unspecified atom stereocenters. The average Bonchev–Trinajstić information content (AvgIpc) is 3.13. The number of allylic oxidation sites excluding steroid dienone is 1. The fraction of sp³-hybridized carbons (Fsp3) is 0.158. The van der Waals surface area contributed by atoms with Gasteiger partial charge in [0.2, 0.25) is 6.79 Å². The molecule has 8 heteroatoms. The van der Waals surface area contributed by atoms with Crippen LogP contribution >= 0.6 is 23.2 Å². The molecule has 0 aromatic heterocycles. The first-order valence-corrected chi connectivity index (χ1v) is 8.75. The second kappa shape index (κ2) is 8.79. The summed E-state index contributed by atoms with van der Waals surface area (Å²) in [5, 5.41) is 4.84. The van der Waals surface area contributed by atoms with E-state index in [0.29, 0.717) is 27.3 Å². The van der Waals surface area contributed by atoms with Crippen molar-refractivity contribution in [3.63, 3.8) is 0 Å². The van der Waals surface area contributed by atoms with Crippen LogP contribution in [-0.4, -0.2) is 25.0 Å². The normalized spacial score (nSPS) is 13.1. The zero-order chi connectivity index (χ0) is 19.2. The zero-order valence-corrected chi connectivity index (χ0v) is 15.9. The molecule has 2 aromatic rings. The van der Waals surface area contributed by atoms with Gasteiger partial charge in [0.15, 0.2) is 18.1 Å². The minimum atomic E-state index is -0.415. The maximum absolute atomic E-state index is 11.8. The van der Waals surface area contributed by atoms with Crippen LogP contribution in [0.25, 0.3) is 6.08 Å². The van der Waals surface area contributed by atoms with Gasteiger partial charge in [-0.25, -0.2) is 5.43 Å². The molecule has 0 saturated heterocycles. The van der Waals surface area contributed by atoms with Crippen LogP contribution in [0.3, 0.4) is 0 Å². The molecule has 0 spiro atoms. The standard InChI is InChI=1S/C19H16Cl2N2O4/c1-12(2-3-13-4-7-16-18(8-13)27-11-26-16)22-23-19(24)10-25-17-9-14(20)5-6-15(17)21/h2-9H,10-11H2,1H3,(H,23,24)/b3-2-,22-12?. The van der Waals surface area contributed by atoms with E-state index in [1.807, 2.05) is 24.3 Å². The highest BCUT2D eigenvalue weighted by atomic mass is 35.5. The van der Waals surface area contributed by atoms with Crippen molar-refractivity contribution in [2.45, 2.75) is 6.92 Å². The Kier molecular flexibility index (Phi) is 6.21. The minimum Gasteiger partial charge on any atom is -0.482 e. The van der Waals surface area contributed by atoms with E-state index in [9.17, 15) is 4.79 Å². The van der Waals surface area contributed by atoms with E-state index >= 15 is 0 Å². The molecular formula is C19H16Cl2N2O4. The topological polar surface area (TPSA) is 69.2 Å². The molecule has 1 N–H and O–H groups in total. The van der Waals surface area contributed by atoms with Crippen LogP contribution in [0.5, 0.6) is 17.2 Å². The summed E-state index contributed by atoms with van der Waals surface area (Å²) in [6, 6.07) is 10.4. The Morgan fingerprint density at radius 3 is 2.89 bits per heavy atom. The van der Waals surface area contributed by atoms with Crippen molar-refractivity contribution < 1.29 is 19.0 Å². The molecule has 0 bridgehead atoms. The molecule has 0 radical (unpaired) electrons. The van der Waals surface area contributed by atoms with E-state index in [-0.39, 0.29) is 13.4 Å². The first kappa shape index (κ1) is 19.1. The SMILES string of the molecule is CC(/C=C\c1ccc2c(c1)OCO2)=NNC(=O)COc1cc(Cl)ccc1Cl. The molecule has 1 aliphatic rings. The van der Waals surface area contributed by atoms with Crippen LogP contribution in [0.1, 0.15) is 12.5 Å². The van der Waals surface area contributed by atoms with Gasteiger partial charge in [-0.15, -0.1) is 0 Å². The molecule has 0 saturated carbocycles. The molecule has 1 aliphatic heterocycles. The van der Waals surface area contributed by atoms with Gasteiger partial charge in [0.1, 0.15) is 5.75 Å². The zero-order valence-electron chi connectivity index (χ0n) is 14.4. The molecule has 3 rings (SSSR count). The highest BCUT2D eigenvalue weighted by Crippen LogP contribution is 2.32. The fourth-order valence-electron chi connectivity index (χ4n) is 2.18. The number of hydrogen-bond acceptors (Lipinski definition) is 5. The minimum absolute atomic E-state index is 0.233. The number of nitrogens with one attached hydrogen (secondary N) is 1. The van der Waals surface area contributed by atoms with Gasteiger partial charge in [0.25, 0.3) is 5.91 Å². The van der Waals surface area contributed by atoms with Gasteiger partial charge in [0, 0.05) is 11.1 Å². The van der Waals surface area contributed by atoms with Gasteiger partial charge < -0.3 is 14.2 Å². The van der Waals surface area contributed by atoms with E-state index in [2.05, 4.69) is 10.5 Å². The first-order chi connectivity index (χ1) is 13.0. The van der Waals surface area contributed by atoms with Crippen molar-refractivity contribution in [1.82, 2.24) is 5.43 Å². The monoisotopic (exact) mass is 406 g/mol. The van der Waals surface area contributed by atoms with E-state index < -0.39 is 5.91 Å². The third kappa shape index (κ3) is 5.39. The largest absolute Gasteiger partial charge is 0.482 e. The molecule has 1 amide bonds. The summed E-state index contributed by atoms with van der Waals surface area (Å²) in [5.74, 6) is 1.35. The number of hydrazone groups is 1. The van der Waals surface area contributed by atoms with Crippen LogP contribution in [0.2, 0.25) is 10.0 Å². The molecule has 140 valence electrons. The summed E-state index contributed by atoms with van der Waals surface area (Å²) in [6.07, 6.45) is 3.63. The van der Waals surface area contributed by atoms with E-state index in [1.54, 1.807) is 31.2 Å². The maximum Gasteiger partial charge on any atom is 0.277 e. The average molecular weight is 407 g/mol. The number of nitrogens with zero attached hydrogens (tertiary/aromatic N) is 1. The van der Waals surface area contributed by atoms with Gasteiger partial charge in [-0.1, -0.05) is 35.3 Å². The fourth-order valence-corrected chi connectivity index (χ4v) is 2.52. The van der Waals surface area contributed by atoms with Gasteiger partial charge in [0.05, 0.1) is 10.7 Å². The van der Waals surface area contributed by atoms with Gasteiger partial charge in [-0.3, -0.25) is 4.79 Å². The summed E-state index contributed by atoms with van der Waals surface area (Å²) < 4.78 is 15.9. The van der Waals surface area contributed by atoms with Crippen molar-refractivity contribution in [2.24, 2.45) is 5.10 Å². The van der Waals surface area contributed by atoms with Crippen molar-refractivity contribution in [1.29, 1.82) is 0 Å². The lowest BCUT2D eigenvalue weighted by Gasteiger charge is -2.07. The molecule has 0 atom stereocenters. The number of fused-ring (bicyclic) bond motifs is 1. The number of hydrogen-bond donors (Lipinski definition) is 1. The van der Waals surface area contributed by atoms with Crippen molar-refractivity contribution in [3.05, 3.63) is 58.1 Å². The number of ether oxygens (including phenoxy) is 3. The number of amides is 1. The Labute approximate surface area is 166 Å². The van der Waals surface area contributed by atoms with E-state index in [0.717, 1.165) is 11.3 Å². The number of benzene rings is 2. The number of rotatable bonds is 6. The molecular weight excluding hydrogens is 391 g/mol. The molecule has 2 aromatic carbocycles. The predicted octanol–water partition coefficient (Wildman–Crippen LogP) is 4.31. The molecule has 0 aliphatic carbocycles. The highest BCUT2D eigenvalue weighted by Gasteiger charge is 2.12. The van der Waals surface area contributed by atoms with Gasteiger partial charge >= 0.3 is 0 Å². The van der Waals surface area contributed by atoms with Crippen LogP contribution < -0.4 is 19.6 Å². The van der Waals surface area contributed by atoms with Crippen LogP contribution in [0.15, 0.2) is 47.6 Å². The number of halogens is 2. The Bertz CT molecular complexity index is 913. The maximum atomic E-state index is 11.8. The van der Waals surface area contributed by atoms with Crippen molar-refractivity contribution >= 4 is 40.9 Å². The Morgan fingerprint density at radius 1 is 1.22 bits per heavy atom. The van der Waals surface area contributed by atoms with Gasteiger partial charge in [-0.05, 0) is 42.8 Å². The van der Waals surface area contributed by atoms with E-state index in [4.69, 9.17) is 37.4 Å². The second-order valence-corrected chi connectivity index (χ2v) is 6.44. The summed E-state index contributed by atoms with van der Waals surface area (Å²) in [7, 11) is 0. The molecule has 1 heterocycles. The Balaban J connectivity index is 1.51. The highest BCUT2D eigenvalue weighted by molar-refractivity contribution is 6.34. The van der Waals surface area contributed by atoms with Crippen molar-refractivity contribution in [2.75, 3.05) is 13.4 Å². The van der Waals surface area contributed by atoms with Gasteiger partial charge in [-0.2, -0.15) is 5.10 Å². The lowest BCUT2D eigenvalue weighted by Crippen LogP contribution is -2.25. The quantitative estimate of drug-likeness (QED) is 0.573. The second-order valence-electron chi connectivity index (χ2n) is 5.60. The van der Waals surface area contributed by atoms with Crippen LogP contribution in [-0.2, 0) is 4.79 Å². The Hall–Kier alpha value is -2.70. The first-order valence-electron chi connectivity index (χ1n) is 8.00.